The molecule has 35 heavy (non-hydrogen) atoms. The average molecular weight is 521 g/mol. The molecule has 1 aliphatic rings. The van der Waals surface area contributed by atoms with Crippen LogP contribution >= 0.6 is 34.7 Å². The number of para-hydroxylation sites is 1. The Bertz CT molecular complexity index is 1350. The minimum absolute atomic E-state index is 0.0794. The van der Waals surface area contributed by atoms with Crippen LogP contribution in [-0.2, 0) is 9.59 Å². The lowest BCUT2D eigenvalue weighted by atomic mass is 9.86. The monoisotopic (exact) mass is 520 g/mol. The molecule has 1 aliphatic heterocycles. The second-order valence-corrected chi connectivity index (χ2v) is 10.0. The maximum Gasteiger partial charge on any atom is 0.254 e. The summed E-state index contributed by atoms with van der Waals surface area (Å²) in [6.45, 7) is 1.81. The molecule has 1 atom stereocenters. The Labute approximate surface area is 216 Å². The van der Waals surface area contributed by atoms with Crippen LogP contribution in [0.25, 0.3) is 0 Å². The van der Waals surface area contributed by atoms with E-state index in [1.54, 1.807) is 31.2 Å². The number of allylic oxidation sites excluding steroid dienone is 2. The normalized spacial score (nSPS) is 15.3. The Morgan fingerprint density at radius 1 is 1.09 bits per heavy atom. The van der Waals surface area contributed by atoms with Crippen LogP contribution in [0.5, 0.6) is 0 Å². The highest BCUT2D eigenvalue weighted by atomic mass is 35.5. The quantitative estimate of drug-likeness (QED) is 0.349. The lowest BCUT2D eigenvalue weighted by molar-refractivity contribution is -0.114. The van der Waals surface area contributed by atoms with E-state index in [0.29, 0.717) is 38.3 Å². The predicted octanol–water partition coefficient (Wildman–Crippen LogP) is 6.11. The van der Waals surface area contributed by atoms with E-state index >= 15 is 0 Å². The number of nitriles is 1. The van der Waals surface area contributed by atoms with Crippen molar-refractivity contribution >= 4 is 57.9 Å². The van der Waals surface area contributed by atoms with E-state index in [9.17, 15) is 14.9 Å². The Hall–Kier alpha value is -3.51. The number of nitrogens with zero attached hydrogens (tertiary/aromatic N) is 1. The van der Waals surface area contributed by atoms with E-state index in [0.717, 1.165) is 4.88 Å². The molecule has 0 unspecified atom stereocenters. The Kier molecular flexibility index (Phi) is 7.93. The van der Waals surface area contributed by atoms with Gasteiger partial charge in [-0.3, -0.25) is 9.59 Å². The number of carbonyl (C=O) groups is 2. The number of nitrogens with one attached hydrogen (secondary N) is 3. The SMILES string of the molecule is CC1=C(C(=O)Nc2ccccc2)[C@@H](c2cccs2)C(C#N)=C(SCC(=O)Nc2cccc(Cl)c2)N1. The van der Waals surface area contributed by atoms with Crippen molar-refractivity contribution < 1.29 is 9.59 Å². The van der Waals surface area contributed by atoms with Gasteiger partial charge in [-0.1, -0.05) is 53.7 Å². The maximum atomic E-state index is 13.3. The number of dihydropyridines is 1. The second-order valence-electron chi connectivity index (χ2n) is 7.63. The third-order valence-electron chi connectivity index (χ3n) is 5.21. The Balaban J connectivity index is 1.58. The van der Waals surface area contributed by atoms with Crippen LogP contribution in [-0.4, -0.2) is 17.6 Å². The summed E-state index contributed by atoms with van der Waals surface area (Å²) in [7, 11) is 0. The van der Waals surface area contributed by atoms with E-state index in [1.807, 2.05) is 47.8 Å². The molecule has 4 rings (SSSR count). The van der Waals surface area contributed by atoms with Gasteiger partial charge in [0.15, 0.2) is 0 Å². The molecule has 176 valence electrons. The van der Waals surface area contributed by atoms with Crippen molar-refractivity contribution in [3.8, 4) is 6.07 Å². The Morgan fingerprint density at radius 2 is 1.86 bits per heavy atom. The molecule has 0 saturated heterocycles. The zero-order valence-corrected chi connectivity index (χ0v) is 21.1. The number of benzene rings is 2. The number of thioether (sulfide) groups is 1. The van der Waals surface area contributed by atoms with Crippen LogP contribution in [0, 0.1) is 11.3 Å². The summed E-state index contributed by atoms with van der Waals surface area (Å²) in [5.74, 6) is -0.972. The summed E-state index contributed by atoms with van der Waals surface area (Å²) in [5, 5.41) is 22.0. The van der Waals surface area contributed by atoms with Crippen molar-refractivity contribution in [1.82, 2.24) is 5.32 Å². The smallest absolute Gasteiger partial charge is 0.254 e. The van der Waals surface area contributed by atoms with Gasteiger partial charge in [0.25, 0.3) is 5.91 Å². The lowest BCUT2D eigenvalue weighted by Crippen LogP contribution is -2.30. The average Bonchev–Trinajstić information content (AvgIpc) is 3.37. The third-order valence-corrected chi connectivity index (χ3v) is 7.40. The van der Waals surface area contributed by atoms with E-state index in [1.165, 1.54) is 23.1 Å². The fourth-order valence-electron chi connectivity index (χ4n) is 3.69. The first-order valence-corrected chi connectivity index (χ1v) is 12.9. The minimum Gasteiger partial charge on any atom is -0.353 e. The molecule has 0 fully saturated rings. The largest absolute Gasteiger partial charge is 0.353 e. The maximum absolute atomic E-state index is 13.3. The fourth-order valence-corrected chi connectivity index (χ4v) is 5.61. The minimum atomic E-state index is -0.538. The highest BCUT2D eigenvalue weighted by molar-refractivity contribution is 8.03. The van der Waals surface area contributed by atoms with Crippen LogP contribution < -0.4 is 16.0 Å². The molecular formula is C26H21ClN4O2S2. The zero-order valence-electron chi connectivity index (χ0n) is 18.7. The number of carbonyl (C=O) groups excluding carboxylic acids is 2. The lowest BCUT2D eigenvalue weighted by Gasteiger charge is -2.29. The molecule has 3 N–H and O–H groups in total. The summed E-state index contributed by atoms with van der Waals surface area (Å²) >= 11 is 8.69. The number of thiophene rings is 1. The molecule has 0 aliphatic carbocycles. The van der Waals surface area contributed by atoms with Gasteiger partial charge in [0, 0.05) is 32.5 Å². The molecule has 0 bridgehead atoms. The summed E-state index contributed by atoms with van der Waals surface area (Å²) in [4.78, 5) is 26.8. The van der Waals surface area contributed by atoms with Crippen LogP contribution in [0.2, 0.25) is 5.02 Å². The predicted molar refractivity (Wildman–Crippen MR) is 143 cm³/mol. The van der Waals surface area contributed by atoms with Gasteiger partial charge in [0.05, 0.1) is 28.3 Å². The third kappa shape index (κ3) is 5.95. The van der Waals surface area contributed by atoms with Gasteiger partial charge in [-0.2, -0.15) is 5.26 Å². The number of amides is 2. The molecule has 0 saturated carbocycles. The summed E-state index contributed by atoms with van der Waals surface area (Å²) in [6, 6.07) is 22.2. The van der Waals surface area contributed by atoms with Gasteiger partial charge in [0.1, 0.15) is 0 Å². The standard InChI is InChI=1S/C26H21ClN4O2S2/c1-16-23(25(33)31-18-8-3-2-4-9-18)24(21-11-6-12-34-21)20(14-28)26(29-16)35-15-22(32)30-19-10-5-7-17(27)13-19/h2-13,24,29H,15H2,1H3,(H,30,32)(H,31,33)/t24-/m1/s1. The molecule has 0 spiro atoms. The van der Waals surface area contributed by atoms with Gasteiger partial charge in [-0.05, 0) is 48.7 Å². The number of halogens is 1. The molecular weight excluding hydrogens is 500 g/mol. The van der Waals surface area contributed by atoms with Gasteiger partial charge in [-0.25, -0.2) is 0 Å². The number of rotatable bonds is 7. The number of hydrogen-bond acceptors (Lipinski definition) is 6. The summed E-state index contributed by atoms with van der Waals surface area (Å²) in [6.07, 6.45) is 0. The molecule has 2 aromatic carbocycles. The summed E-state index contributed by atoms with van der Waals surface area (Å²) < 4.78 is 0. The van der Waals surface area contributed by atoms with Crippen LogP contribution in [0.3, 0.4) is 0 Å². The topological polar surface area (TPSA) is 94.0 Å². The molecule has 0 radical (unpaired) electrons. The molecule has 9 heteroatoms. The van der Waals surface area contributed by atoms with Gasteiger partial charge in [0.2, 0.25) is 5.91 Å². The molecule has 6 nitrogen and oxygen atoms in total. The van der Waals surface area contributed by atoms with Crippen molar-refractivity contribution in [2.75, 3.05) is 16.4 Å². The highest BCUT2D eigenvalue weighted by Gasteiger charge is 2.35. The summed E-state index contributed by atoms with van der Waals surface area (Å²) in [5.41, 5.74) is 2.77. The fraction of sp³-hybridized carbons (Fsp3) is 0.115. The first-order chi connectivity index (χ1) is 17.0. The van der Waals surface area contributed by atoms with Crippen molar-refractivity contribution in [2.45, 2.75) is 12.8 Å². The molecule has 1 aromatic heterocycles. The second kappa shape index (κ2) is 11.3. The van der Waals surface area contributed by atoms with Crippen LogP contribution in [0.4, 0.5) is 11.4 Å². The van der Waals surface area contributed by atoms with Crippen molar-refractivity contribution in [2.24, 2.45) is 0 Å². The number of anilines is 2. The van der Waals surface area contributed by atoms with Gasteiger partial charge < -0.3 is 16.0 Å². The highest BCUT2D eigenvalue weighted by Crippen LogP contribution is 2.42. The van der Waals surface area contributed by atoms with Crippen molar-refractivity contribution in [3.05, 3.63) is 104 Å². The molecule has 2 amide bonds. The van der Waals surface area contributed by atoms with E-state index in [-0.39, 0.29) is 17.6 Å². The van der Waals surface area contributed by atoms with E-state index in [4.69, 9.17) is 11.6 Å². The van der Waals surface area contributed by atoms with Crippen molar-refractivity contribution in [3.63, 3.8) is 0 Å². The van der Waals surface area contributed by atoms with Crippen LogP contribution in [0.15, 0.2) is 94.0 Å². The van der Waals surface area contributed by atoms with Crippen molar-refractivity contribution in [1.29, 1.82) is 5.26 Å². The Morgan fingerprint density at radius 3 is 2.54 bits per heavy atom. The first kappa shape index (κ1) is 24.6. The van der Waals surface area contributed by atoms with Gasteiger partial charge >= 0.3 is 0 Å². The number of hydrogen-bond donors (Lipinski definition) is 3. The molecule has 2 heterocycles. The molecule has 3 aromatic rings. The van der Waals surface area contributed by atoms with E-state index < -0.39 is 5.92 Å². The zero-order chi connectivity index (χ0) is 24.8. The van der Waals surface area contributed by atoms with E-state index in [2.05, 4.69) is 22.0 Å². The van der Waals surface area contributed by atoms with Crippen LogP contribution in [0.1, 0.15) is 17.7 Å². The first-order valence-electron chi connectivity index (χ1n) is 10.7. The van der Waals surface area contributed by atoms with Gasteiger partial charge in [-0.15, -0.1) is 11.3 Å².